The van der Waals surface area contributed by atoms with Gasteiger partial charge >= 0.3 is 0 Å². The molecular weight excluding hydrogens is 196 g/mol. The molecule has 3 rings (SSSR count). The van der Waals surface area contributed by atoms with Gasteiger partial charge in [0.15, 0.2) is 0 Å². The van der Waals surface area contributed by atoms with Crippen LogP contribution in [0.2, 0.25) is 0 Å². The highest BCUT2D eigenvalue weighted by Gasteiger charge is 2.20. The van der Waals surface area contributed by atoms with Crippen LogP contribution in [0.3, 0.4) is 0 Å². The zero-order valence-corrected chi connectivity index (χ0v) is 9.06. The topological polar surface area (TPSA) is 24.9 Å². The molecule has 0 saturated heterocycles. The number of anilines is 1. The lowest BCUT2D eigenvalue weighted by Crippen LogP contribution is -2.17. The molecule has 1 N–H and O–H groups in total. The molecule has 1 aromatic heterocycles. The number of hydrogen-bond acceptors (Lipinski definition) is 2. The number of pyridine rings is 1. The van der Waals surface area contributed by atoms with Crippen molar-refractivity contribution in [2.75, 3.05) is 11.9 Å². The molecule has 0 bridgehead atoms. The van der Waals surface area contributed by atoms with Gasteiger partial charge in [0.1, 0.15) is 0 Å². The molecule has 2 heteroatoms. The molecule has 80 valence electrons. The Morgan fingerprint density at radius 3 is 2.94 bits per heavy atom. The Bertz CT molecular complexity index is 479. The van der Waals surface area contributed by atoms with Crippen LogP contribution in [0.15, 0.2) is 48.8 Å². The van der Waals surface area contributed by atoms with Gasteiger partial charge < -0.3 is 5.32 Å². The van der Waals surface area contributed by atoms with E-state index in [0.717, 1.165) is 13.0 Å². The maximum atomic E-state index is 4.21. The molecule has 0 radical (unpaired) electrons. The van der Waals surface area contributed by atoms with Gasteiger partial charge in [-0.1, -0.05) is 24.3 Å². The van der Waals surface area contributed by atoms with E-state index in [1.807, 2.05) is 18.5 Å². The summed E-state index contributed by atoms with van der Waals surface area (Å²) in [5.41, 5.74) is 3.97. The Balaban J connectivity index is 2.05. The van der Waals surface area contributed by atoms with E-state index in [0.29, 0.717) is 5.92 Å². The van der Waals surface area contributed by atoms with Crippen LogP contribution >= 0.6 is 0 Å². The zero-order chi connectivity index (χ0) is 10.8. The van der Waals surface area contributed by atoms with Crippen molar-refractivity contribution in [1.82, 2.24) is 4.98 Å². The molecule has 1 aromatic carbocycles. The summed E-state index contributed by atoms with van der Waals surface area (Å²) in [4.78, 5) is 4.21. The first-order valence-electron chi connectivity index (χ1n) is 5.68. The third kappa shape index (κ3) is 1.56. The summed E-state index contributed by atoms with van der Waals surface area (Å²) in [5.74, 6) is 0.492. The zero-order valence-electron chi connectivity index (χ0n) is 9.06. The Kier molecular flexibility index (Phi) is 2.33. The van der Waals surface area contributed by atoms with Gasteiger partial charge in [0.2, 0.25) is 0 Å². The highest BCUT2D eigenvalue weighted by atomic mass is 14.9. The number of aromatic nitrogens is 1. The second-order valence-corrected chi connectivity index (χ2v) is 4.14. The minimum absolute atomic E-state index is 0.492. The van der Waals surface area contributed by atoms with Gasteiger partial charge in [-0.25, -0.2) is 0 Å². The van der Waals surface area contributed by atoms with E-state index in [4.69, 9.17) is 0 Å². The molecular formula is C14H14N2. The monoisotopic (exact) mass is 210 g/mol. The Morgan fingerprint density at radius 2 is 2.06 bits per heavy atom. The molecule has 0 fully saturated rings. The van der Waals surface area contributed by atoms with Crippen molar-refractivity contribution in [3.8, 4) is 0 Å². The molecule has 0 aliphatic carbocycles. The van der Waals surface area contributed by atoms with Gasteiger partial charge in [-0.3, -0.25) is 4.98 Å². The van der Waals surface area contributed by atoms with Crippen LogP contribution in [0, 0.1) is 0 Å². The number of nitrogens with zero attached hydrogens (tertiary/aromatic N) is 1. The van der Waals surface area contributed by atoms with Crippen molar-refractivity contribution >= 4 is 5.69 Å². The molecule has 0 unspecified atom stereocenters. The molecule has 2 heterocycles. The molecule has 0 saturated carbocycles. The average molecular weight is 210 g/mol. The summed E-state index contributed by atoms with van der Waals surface area (Å²) in [6, 6.07) is 12.7. The summed E-state index contributed by atoms with van der Waals surface area (Å²) in [6.45, 7) is 1.04. The van der Waals surface area contributed by atoms with Crippen molar-refractivity contribution in [2.45, 2.75) is 12.3 Å². The van der Waals surface area contributed by atoms with E-state index in [9.17, 15) is 0 Å². The number of fused-ring (bicyclic) bond motifs is 1. The quantitative estimate of drug-likeness (QED) is 0.782. The van der Waals surface area contributed by atoms with Crippen LogP contribution in [0.1, 0.15) is 23.5 Å². The van der Waals surface area contributed by atoms with E-state index in [1.165, 1.54) is 16.8 Å². The third-order valence-electron chi connectivity index (χ3n) is 3.17. The third-order valence-corrected chi connectivity index (χ3v) is 3.17. The summed E-state index contributed by atoms with van der Waals surface area (Å²) in [7, 11) is 0. The number of para-hydroxylation sites is 1. The van der Waals surface area contributed by atoms with Crippen molar-refractivity contribution < 1.29 is 0 Å². The minimum atomic E-state index is 0.492. The van der Waals surface area contributed by atoms with Crippen LogP contribution in [0.4, 0.5) is 5.69 Å². The van der Waals surface area contributed by atoms with E-state index in [-0.39, 0.29) is 0 Å². The van der Waals surface area contributed by atoms with E-state index in [1.54, 1.807) is 0 Å². The Hall–Kier alpha value is -1.83. The molecule has 0 spiro atoms. The molecule has 1 aliphatic heterocycles. The van der Waals surface area contributed by atoms with Crippen LogP contribution in [0.5, 0.6) is 0 Å². The molecule has 1 atom stereocenters. The molecule has 16 heavy (non-hydrogen) atoms. The normalized spacial score (nSPS) is 18.6. The SMILES string of the molecule is c1cncc([C@@H]2CCNc3ccccc32)c1. The highest BCUT2D eigenvalue weighted by molar-refractivity contribution is 5.57. The first kappa shape index (κ1) is 9.40. The van der Waals surface area contributed by atoms with Crippen molar-refractivity contribution in [3.05, 3.63) is 59.9 Å². The summed E-state index contributed by atoms with van der Waals surface area (Å²) < 4.78 is 0. The highest BCUT2D eigenvalue weighted by Crippen LogP contribution is 2.35. The van der Waals surface area contributed by atoms with Gasteiger partial charge in [-0.2, -0.15) is 0 Å². The van der Waals surface area contributed by atoms with Crippen molar-refractivity contribution in [2.24, 2.45) is 0 Å². The molecule has 1 aliphatic rings. The maximum absolute atomic E-state index is 4.21. The van der Waals surface area contributed by atoms with Crippen molar-refractivity contribution in [1.29, 1.82) is 0 Å². The lowest BCUT2D eigenvalue weighted by atomic mass is 9.86. The van der Waals surface area contributed by atoms with Gasteiger partial charge in [0.25, 0.3) is 0 Å². The Labute approximate surface area is 95.3 Å². The maximum Gasteiger partial charge on any atom is 0.0379 e. The lowest BCUT2D eigenvalue weighted by molar-refractivity contribution is 0.717. The summed E-state index contributed by atoms with van der Waals surface area (Å²) in [5, 5.41) is 3.44. The predicted molar refractivity (Wildman–Crippen MR) is 65.6 cm³/mol. The van der Waals surface area contributed by atoms with Crippen LogP contribution < -0.4 is 5.32 Å². The standard InChI is InChI=1S/C14H14N2/c1-2-6-14-13(5-1)12(7-9-16-14)11-4-3-8-15-10-11/h1-6,8,10,12,16H,7,9H2/t12-/m0/s1. The second-order valence-electron chi connectivity index (χ2n) is 4.14. The molecule has 2 nitrogen and oxygen atoms in total. The van der Waals surface area contributed by atoms with Crippen molar-refractivity contribution in [3.63, 3.8) is 0 Å². The first-order chi connectivity index (χ1) is 7.95. The molecule has 2 aromatic rings. The van der Waals surface area contributed by atoms with Gasteiger partial charge in [0, 0.05) is 30.5 Å². The second kappa shape index (κ2) is 3.97. The molecule has 0 amide bonds. The predicted octanol–water partition coefficient (Wildman–Crippen LogP) is 3.03. The van der Waals surface area contributed by atoms with E-state index < -0.39 is 0 Å². The lowest BCUT2D eigenvalue weighted by Gasteiger charge is -2.26. The number of hydrogen-bond donors (Lipinski definition) is 1. The summed E-state index contributed by atoms with van der Waals surface area (Å²) in [6.07, 6.45) is 4.95. The van der Waals surface area contributed by atoms with Crippen LogP contribution in [0.25, 0.3) is 0 Å². The van der Waals surface area contributed by atoms with Crippen LogP contribution in [-0.2, 0) is 0 Å². The fourth-order valence-electron chi connectivity index (χ4n) is 2.40. The van der Waals surface area contributed by atoms with E-state index in [2.05, 4.69) is 40.6 Å². The largest absolute Gasteiger partial charge is 0.385 e. The van der Waals surface area contributed by atoms with Crippen LogP contribution in [-0.4, -0.2) is 11.5 Å². The minimum Gasteiger partial charge on any atom is -0.385 e. The van der Waals surface area contributed by atoms with Gasteiger partial charge in [-0.15, -0.1) is 0 Å². The first-order valence-corrected chi connectivity index (χ1v) is 5.68. The fourth-order valence-corrected chi connectivity index (χ4v) is 2.40. The number of nitrogens with one attached hydrogen (secondary N) is 1. The fraction of sp³-hybridized carbons (Fsp3) is 0.214. The number of rotatable bonds is 1. The summed E-state index contributed by atoms with van der Waals surface area (Å²) >= 11 is 0. The Morgan fingerprint density at radius 1 is 1.12 bits per heavy atom. The van der Waals surface area contributed by atoms with Gasteiger partial charge in [0.05, 0.1) is 0 Å². The average Bonchev–Trinajstić information content (AvgIpc) is 2.39. The van der Waals surface area contributed by atoms with E-state index >= 15 is 0 Å². The number of benzene rings is 1. The van der Waals surface area contributed by atoms with Gasteiger partial charge in [-0.05, 0) is 29.7 Å². The smallest absolute Gasteiger partial charge is 0.0379 e.